The predicted octanol–water partition coefficient (Wildman–Crippen LogP) is -0.0613. The normalized spacial score (nSPS) is 28.1. The van der Waals surface area contributed by atoms with Crippen molar-refractivity contribution in [1.29, 1.82) is 0 Å². The molecule has 0 bridgehead atoms. The Labute approximate surface area is 75.3 Å². The SMILES string of the molecule is CC1C(=O)C(=O)C(=O)C(C)(C)C1=O. The van der Waals surface area contributed by atoms with E-state index in [2.05, 4.69) is 0 Å². The zero-order chi connectivity index (χ0) is 10.4. The summed E-state index contributed by atoms with van der Waals surface area (Å²) in [7, 11) is 0. The van der Waals surface area contributed by atoms with Gasteiger partial charge >= 0.3 is 0 Å². The molecule has 0 N–H and O–H groups in total. The molecule has 0 saturated heterocycles. The van der Waals surface area contributed by atoms with Crippen LogP contribution in [0.4, 0.5) is 0 Å². The van der Waals surface area contributed by atoms with Crippen LogP contribution < -0.4 is 0 Å². The van der Waals surface area contributed by atoms with Gasteiger partial charge in [-0.25, -0.2) is 0 Å². The Morgan fingerprint density at radius 2 is 1.54 bits per heavy atom. The van der Waals surface area contributed by atoms with Crippen LogP contribution >= 0.6 is 0 Å². The summed E-state index contributed by atoms with van der Waals surface area (Å²) >= 11 is 0. The minimum absolute atomic E-state index is 0.470. The summed E-state index contributed by atoms with van der Waals surface area (Å²) in [5.41, 5.74) is -1.33. The molecule has 4 nitrogen and oxygen atoms in total. The third-order valence-electron chi connectivity index (χ3n) is 2.40. The molecular formula is C9H10O4. The molecular weight excluding hydrogens is 172 g/mol. The van der Waals surface area contributed by atoms with Gasteiger partial charge in [-0.05, 0) is 20.8 Å². The second kappa shape index (κ2) is 2.58. The van der Waals surface area contributed by atoms with Crippen molar-refractivity contribution in [3.8, 4) is 0 Å². The highest BCUT2D eigenvalue weighted by Crippen LogP contribution is 2.28. The maximum Gasteiger partial charge on any atom is 0.265 e. The van der Waals surface area contributed by atoms with E-state index in [-0.39, 0.29) is 0 Å². The first kappa shape index (κ1) is 9.77. The summed E-state index contributed by atoms with van der Waals surface area (Å²) in [5, 5.41) is 0. The number of Topliss-reactive ketones (excluding diaryl/α,β-unsaturated/α-hetero) is 4. The van der Waals surface area contributed by atoms with Crippen LogP contribution in [0, 0.1) is 11.3 Å². The highest BCUT2D eigenvalue weighted by molar-refractivity contribution is 6.70. The van der Waals surface area contributed by atoms with Crippen molar-refractivity contribution in [2.45, 2.75) is 20.8 Å². The average Bonchev–Trinajstić information content (AvgIpc) is 2.09. The third-order valence-corrected chi connectivity index (χ3v) is 2.40. The number of hydrogen-bond acceptors (Lipinski definition) is 4. The molecule has 0 amide bonds. The van der Waals surface area contributed by atoms with Gasteiger partial charge in [0.1, 0.15) is 0 Å². The van der Waals surface area contributed by atoms with E-state index in [9.17, 15) is 19.2 Å². The van der Waals surface area contributed by atoms with Gasteiger partial charge in [-0.3, -0.25) is 19.2 Å². The van der Waals surface area contributed by atoms with Gasteiger partial charge in [-0.15, -0.1) is 0 Å². The van der Waals surface area contributed by atoms with Crippen LogP contribution in [0.15, 0.2) is 0 Å². The van der Waals surface area contributed by atoms with Crippen LogP contribution in [0.1, 0.15) is 20.8 Å². The van der Waals surface area contributed by atoms with Crippen LogP contribution in [0.25, 0.3) is 0 Å². The molecule has 13 heavy (non-hydrogen) atoms. The summed E-state index contributed by atoms with van der Waals surface area (Å²) < 4.78 is 0. The second-order valence-electron chi connectivity index (χ2n) is 3.73. The van der Waals surface area contributed by atoms with E-state index in [1.165, 1.54) is 20.8 Å². The molecule has 0 spiro atoms. The minimum Gasteiger partial charge on any atom is -0.298 e. The number of rotatable bonds is 0. The van der Waals surface area contributed by atoms with Gasteiger partial charge in [0, 0.05) is 0 Å². The summed E-state index contributed by atoms with van der Waals surface area (Å²) in [6.07, 6.45) is 0. The molecule has 0 radical (unpaired) electrons. The van der Waals surface area contributed by atoms with Crippen LogP contribution in [0.5, 0.6) is 0 Å². The molecule has 0 aliphatic heterocycles. The lowest BCUT2D eigenvalue weighted by Crippen LogP contribution is -2.52. The number of carbonyl (C=O) groups excluding carboxylic acids is 4. The molecule has 4 heteroatoms. The van der Waals surface area contributed by atoms with E-state index in [1.54, 1.807) is 0 Å². The summed E-state index contributed by atoms with van der Waals surface area (Å²) in [6, 6.07) is 0. The first-order chi connectivity index (χ1) is 5.80. The van der Waals surface area contributed by atoms with Crippen molar-refractivity contribution in [2.24, 2.45) is 11.3 Å². The predicted molar refractivity (Wildman–Crippen MR) is 43.0 cm³/mol. The molecule has 70 valence electrons. The fraction of sp³-hybridized carbons (Fsp3) is 0.556. The third kappa shape index (κ3) is 1.13. The molecule has 1 atom stereocenters. The largest absolute Gasteiger partial charge is 0.298 e. The Balaban J connectivity index is 3.23. The summed E-state index contributed by atoms with van der Waals surface area (Å²) in [5.74, 6) is -4.26. The quantitative estimate of drug-likeness (QED) is 0.388. The minimum atomic E-state index is -1.33. The molecule has 0 aromatic rings. The van der Waals surface area contributed by atoms with E-state index in [1.807, 2.05) is 0 Å². The average molecular weight is 182 g/mol. The number of hydrogen-bond donors (Lipinski definition) is 0. The highest BCUT2D eigenvalue weighted by atomic mass is 16.2. The van der Waals surface area contributed by atoms with Gasteiger partial charge in [-0.2, -0.15) is 0 Å². The van der Waals surface area contributed by atoms with Crippen molar-refractivity contribution in [3.63, 3.8) is 0 Å². The Morgan fingerprint density at radius 1 is 1.08 bits per heavy atom. The fourth-order valence-corrected chi connectivity index (χ4v) is 1.36. The van der Waals surface area contributed by atoms with Crippen molar-refractivity contribution in [3.05, 3.63) is 0 Å². The number of ketones is 4. The fourth-order valence-electron chi connectivity index (χ4n) is 1.36. The molecule has 1 unspecified atom stereocenters. The van der Waals surface area contributed by atoms with Gasteiger partial charge in [0.25, 0.3) is 5.78 Å². The maximum atomic E-state index is 11.4. The zero-order valence-corrected chi connectivity index (χ0v) is 7.71. The lowest BCUT2D eigenvalue weighted by Gasteiger charge is -2.27. The Hall–Kier alpha value is -1.32. The first-order valence-electron chi connectivity index (χ1n) is 3.97. The van der Waals surface area contributed by atoms with Gasteiger partial charge in [0.2, 0.25) is 11.6 Å². The standard InChI is InChI=1S/C9H10O4/c1-4-5(10)6(11)8(13)9(2,3)7(4)12/h4H,1-3H3. The van der Waals surface area contributed by atoms with Gasteiger partial charge < -0.3 is 0 Å². The molecule has 0 aromatic heterocycles. The monoisotopic (exact) mass is 182 g/mol. The van der Waals surface area contributed by atoms with E-state index in [0.29, 0.717) is 0 Å². The summed E-state index contributed by atoms with van der Waals surface area (Å²) in [6.45, 7) is 4.10. The zero-order valence-electron chi connectivity index (χ0n) is 7.71. The van der Waals surface area contributed by atoms with Crippen LogP contribution in [0.2, 0.25) is 0 Å². The van der Waals surface area contributed by atoms with Crippen molar-refractivity contribution >= 4 is 23.1 Å². The molecule has 1 aliphatic rings. The Bertz CT molecular complexity index is 325. The lowest BCUT2D eigenvalue weighted by atomic mass is 9.69. The molecule has 1 saturated carbocycles. The topological polar surface area (TPSA) is 68.3 Å². The first-order valence-corrected chi connectivity index (χ1v) is 3.97. The Kier molecular flexibility index (Phi) is 1.94. The van der Waals surface area contributed by atoms with Crippen LogP contribution in [-0.2, 0) is 19.2 Å². The second-order valence-corrected chi connectivity index (χ2v) is 3.73. The molecule has 1 fully saturated rings. The Morgan fingerprint density at radius 3 is 2.00 bits per heavy atom. The number of carbonyl (C=O) groups is 4. The van der Waals surface area contributed by atoms with E-state index >= 15 is 0 Å². The van der Waals surface area contributed by atoms with Crippen molar-refractivity contribution in [1.82, 2.24) is 0 Å². The van der Waals surface area contributed by atoms with Crippen molar-refractivity contribution < 1.29 is 19.2 Å². The van der Waals surface area contributed by atoms with E-state index < -0.39 is 34.5 Å². The summed E-state index contributed by atoms with van der Waals surface area (Å²) in [4.78, 5) is 44.7. The van der Waals surface area contributed by atoms with Gasteiger partial charge in [-0.1, -0.05) is 0 Å². The lowest BCUT2D eigenvalue weighted by molar-refractivity contribution is -0.158. The smallest absolute Gasteiger partial charge is 0.265 e. The van der Waals surface area contributed by atoms with Gasteiger partial charge in [0.05, 0.1) is 11.3 Å². The molecule has 0 aromatic carbocycles. The van der Waals surface area contributed by atoms with Crippen LogP contribution in [-0.4, -0.2) is 23.1 Å². The maximum absolute atomic E-state index is 11.4. The van der Waals surface area contributed by atoms with Crippen molar-refractivity contribution in [2.75, 3.05) is 0 Å². The van der Waals surface area contributed by atoms with E-state index in [0.717, 1.165) is 0 Å². The van der Waals surface area contributed by atoms with Gasteiger partial charge in [0.15, 0.2) is 5.78 Å². The molecule has 0 heterocycles. The molecule has 1 rings (SSSR count). The highest BCUT2D eigenvalue weighted by Gasteiger charge is 2.51. The molecule has 1 aliphatic carbocycles. The van der Waals surface area contributed by atoms with E-state index in [4.69, 9.17) is 0 Å². The van der Waals surface area contributed by atoms with Crippen LogP contribution in [0.3, 0.4) is 0 Å².